The predicted octanol–water partition coefficient (Wildman–Crippen LogP) is 3.13. The van der Waals surface area contributed by atoms with Gasteiger partial charge in [-0.3, -0.25) is 9.10 Å². The fourth-order valence-electron chi connectivity index (χ4n) is 3.38. The molecule has 1 N–H and O–H groups in total. The van der Waals surface area contributed by atoms with E-state index in [-0.39, 0.29) is 24.3 Å². The van der Waals surface area contributed by atoms with Gasteiger partial charge in [-0.2, -0.15) is 0 Å². The summed E-state index contributed by atoms with van der Waals surface area (Å²) in [4.78, 5) is 12.7. The third-order valence-corrected chi connectivity index (χ3v) is 6.88. The Morgan fingerprint density at radius 1 is 1.17 bits per heavy atom. The second kappa shape index (κ2) is 9.38. The van der Waals surface area contributed by atoms with E-state index in [1.807, 2.05) is 26.0 Å². The summed E-state index contributed by atoms with van der Waals surface area (Å²) >= 11 is 0. The first-order valence-corrected chi connectivity index (χ1v) is 11.6. The molecule has 1 heterocycles. The molecule has 1 fully saturated rings. The lowest BCUT2D eigenvalue weighted by molar-refractivity contribution is 0.0926. The Hall–Kier alpha value is -2.74. The van der Waals surface area contributed by atoms with Crippen molar-refractivity contribution in [3.05, 3.63) is 53.6 Å². The van der Waals surface area contributed by atoms with E-state index in [9.17, 15) is 13.2 Å². The maximum Gasteiger partial charge on any atom is 0.251 e. The smallest absolute Gasteiger partial charge is 0.251 e. The van der Waals surface area contributed by atoms with Crippen LogP contribution in [0.2, 0.25) is 0 Å². The molecular formula is C22H28N2O5S. The van der Waals surface area contributed by atoms with E-state index >= 15 is 0 Å². The minimum Gasteiger partial charge on any atom is -0.493 e. The zero-order chi connectivity index (χ0) is 21.7. The lowest BCUT2D eigenvalue weighted by Gasteiger charge is -2.29. The molecule has 0 saturated carbocycles. The first-order valence-electron chi connectivity index (χ1n) is 9.99. The van der Waals surface area contributed by atoms with Crippen LogP contribution in [0.4, 0.5) is 5.69 Å². The van der Waals surface area contributed by atoms with Crippen LogP contribution in [0, 0.1) is 6.92 Å². The molecule has 1 amide bonds. The summed E-state index contributed by atoms with van der Waals surface area (Å²) in [5.41, 5.74) is 1.81. The maximum absolute atomic E-state index is 12.7. The number of nitrogens with zero attached hydrogens (tertiary/aromatic N) is 1. The van der Waals surface area contributed by atoms with E-state index in [1.165, 1.54) is 4.31 Å². The van der Waals surface area contributed by atoms with Gasteiger partial charge in [-0.15, -0.1) is 0 Å². The first kappa shape index (κ1) is 22.0. The molecule has 3 rings (SSSR count). The van der Waals surface area contributed by atoms with Gasteiger partial charge >= 0.3 is 0 Å². The number of para-hydroxylation sites is 2. The Bertz CT molecular complexity index is 1010. The Kier molecular flexibility index (Phi) is 6.87. The quantitative estimate of drug-likeness (QED) is 0.727. The number of amides is 1. The van der Waals surface area contributed by atoms with Crippen LogP contribution in [0.25, 0.3) is 0 Å². The van der Waals surface area contributed by atoms with Gasteiger partial charge in [0.25, 0.3) is 5.91 Å². The normalized spacial score (nSPS) is 16.6. The Labute approximate surface area is 178 Å². The highest BCUT2D eigenvalue weighted by molar-refractivity contribution is 7.92. The number of methoxy groups -OCH3 is 1. The second-order valence-electron chi connectivity index (χ2n) is 7.43. The van der Waals surface area contributed by atoms with Crippen molar-refractivity contribution in [3.8, 4) is 11.5 Å². The average Bonchev–Trinajstić information content (AvgIpc) is 2.72. The fraction of sp³-hybridized carbons (Fsp3) is 0.409. The van der Waals surface area contributed by atoms with Gasteiger partial charge in [-0.1, -0.05) is 18.2 Å². The number of hydrogen-bond acceptors (Lipinski definition) is 5. The van der Waals surface area contributed by atoms with Crippen molar-refractivity contribution in [3.63, 3.8) is 0 Å². The topological polar surface area (TPSA) is 84.9 Å². The average molecular weight is 433 g/mol. The van der Waals surface area contributed by atoms with Crippen molar-refractivity contribution in [1.82, 2.24) is 5.32 Å². The maximum atomic E-state index is 12.7. The standard InChI is InChI=1S/C22H28N2O5S/c1-16-10-11-18(14-19(16)24-12-6-7-13-30(24,26)27)22(25)23-17(2)15-29-21-9-5-4-8-20(21)28-3/h4-5,8-11,14,17H,6-7,12-13,15H2,1-3H3,(H,23,25). The minimum atomic E-state index is -3.34. The van der Waals surface area contributed by atoms with E-state index in [1.54, 1.807) is 37.4 Å². The van der Waals surface area contributed by atoms with Gasteiger partial charge < -0.3 is 14.8 Å². The van der Waals surface area contributed by atoms with Gasteiger partial charge in [-0.25, -0.2) is 8.42 Å². The third kappa shape index (κ3) is 5.05. The molecule has 0 bridgehead atoms. The number of carbonyl (C=O) groups is 1. The Morgan fingerprint density at radius 3 is 2.60 bits per heavy atom. The van der Waals surface area contributed by atoms with Crippen LogP contribution in [-0.4, -0.2) is 46.4 Å². The number of rotatable bonds is 7. The van der Waals surface area contributed by atoms with Gasteiger partial charge in [0.2, 0.25) is 10.0 Å². The van der Waals surface area contributed by atoms with Gasteiger partial charge in [-0.05, 0) is 56.5 Å². The minimum absolute atomic E-state index is 0.139. The molecule has 1 unspecified atom stereocenters. The molecule has 7 nitrogen and oxygen atoms in total. The highest BCUT2D eigenvalue weighted by Crippen LogP contribution is 2.28. The van der Waals surface area contributed by atoms with Crippen LogP contribution < -0.4 is 19.1 Å². The van der Waals surface area contributed by atoms with Crippen molar-refractivity contribution < 1.29 is 22.7 Å². The lowest BCUT2D eigenvalue weighted by atomic mass is 10.1. The molecule has 0 aromatic heterocycles. The van der Waals surface area contributed by atoms with Crippen LogP contribution in [0.5, 0.6) is 11.5 Å². The predicted molar refractivity (Wildman–Crippen MR) is 117 cm³/mol. The molecule has 1 aliphatic rings. The summed E-state index contributed by atoms with van der Waals surface area (Å²) in [6, 6.07) is 12.2. The number of benzene rings is 2. The molecule has 2 aromatic rings. The number of sulfonamides is 1. The van der Waals surface area contributed by atoms with Gasteiger partial charge in [0.05, 0.1) is 24.6 Å². The number of carbonyl (C=O) groups excluding carboxylic acids is 1. The Balaban J connectivity index is 1.68. The second-order valence-corrected chi connectivity index (χ2v) is 9.45. The molecule has 162 valence electrons. The van der Waals surface area contributed by atoms with Crippen LogP contribution in [0.1, 0.15) is 35.7 Å². The van der Waals surface area contributed by atoms with E-state index < -0.39 is 10.0 Å². The number of nitrogens with one attached hydrogen (secondary N) is 1. The lowest BCUT2D eigenvalue weighted by Crippen LogP contribution is -2.39. The molecule has 0 aliphatic carbocycles. The highest BCUT2D eigenvalue weighted by Gasteiger charge is 2.27. The summed E-state index contributed by atoms with van der Waals surface area (Å²) in [5.74, 6) is 1.10. The van der Waals surface area contributed by atoms with Crippen LogP contribution >= 0.6 is 0 Å². The molecule has 8 heteroatoms. The monoisotopic (exact) mass is 432 g/mol. The molecule has 0 radical (unpaired) electrons. The number of aryl methyl sites for hydroxylation is 1. The van der Waals surface area contributed by atoms with Gasteiger partial charge in [0.15, 0.2) is 11.5 Å². The van der Waals surface area contributed by atoms with Crippen molar-refractivity contribution in [2.75, 3.05) is 30.3 Å². The SMILES string of the molecule is COc1ccccc1OCC(C)NC(=O)c1ccc(C)c(N2CCCCS2(=O)=O)c1. The molecular weight excluding hydrogens is 404 g/mol. The molecule has 1 aliphatic heterocycles. The number of hydrogen-bond donors (Lipinski definition) is 1. The highest BCUT2D eigenvalue weighted by atomic mass is 32.2. The zero-order valence-corrected chi connectivity index (χ0v) is 18.4. The Morgan fingerprint density at radius 2 is 1.90 bits per heavy atom. The summed E-state index contributed by atoms with van der Waals surface area (Å²) in [5, 5.41) is 2.90. The van der Waals surface area contributed by atoms with Gasteiger partial charge in [0.1, 0.15) is 6.61 Å². The van der Waals surface area contributed by atoms with Crippen LogP contribution in [0.3, 0.4) is 0 Å². The van der Waals surface area contributed by atoms with Crippen molar-refractivity contribution in [2.24, 2.45) is 0 Å². The van der Waals surface area contributed by atoms with Crippen LogP contribution in [-0.2, 0) is 10.0 Å². The summed E-state index contributed by atoms with van der Waals surface area (Å²) in [6.45, 7) is 4.41. The number of anilines is 1. The van der Waals surface area contributed by atoms with Crippen LogP contribution in [0.15, 0.2) is 42.5 Å². The molecule has 30 heavy (non-hydrogen) atoms. The molecule has 1 atom stereocenters. The van der Waals surface area contributed by atoms with Crippen molar-refractivity contribution >= 4 is 21.6 Å². The molecule has 0 spiro atoms. The zero-order valence-electron chi connectivity index (χ0n) is 17.6. The fourth-order valence-corrected chi connectivity index (χ4v) is 5.07. The van der Waals surface area contributed by atoms with Crippen molar-refractivity contribution in [1.29, 1.82) is 0 Å². The summed E-state index contributed by atoms with van der Waals surface area (Å²) in [7, 11) is -1.77. The summed E-state index contributed by atoms with van der Waals surface area (Å²) < 4.78 is 37.4. The number of ether oxygens (including phenoxy) is 2. The first-order chi connectivity index (χ1) is 14.3. The van der Waals surface area contributed by atoms with E-state index in [0.717, 1.165) is 12.0 Å². The largest absolute Gasteiger partial charge is 0.493 e. The van der Waals surface area contributed by atoms with Crippen molar-refractivity contribution in [2.45, 2.75) is 32.7 Å². The molecule has 2 aromatic carbocycles. The van der Waals surface area contributed by atoms with E-state index in [2.05, 4.69) is 5.32 Å². The molecule has 1 saturated heterocycles. The summed E-state index contributed by atoms with van der Waals surface area (Å²) in [6.07, 6.45) is 1.48. The van der Waals surface area contributed by atoms with E-state index in [0.29, 0.717) is 35.7 Å². The van der Waals surface area contributed by atoms with Gasteiger partial charge in [0, 0.05) is 12.1 Å². The van der Waals surface area contributed by atoms with E-state index in [4.69, 9.17) is 9.47 Å². The third-order valence-electron chi connectivity index (χ3n) is 5.02.